The van der Waals surface area contributed by atoms with Crippen LogP contribution < -0.4 is 5.32 Å². The molecule has 0 radical (unpaired) electrons. The van der Waals surface area contributed by atoms with Crippen molar-refractivity contribution in [3.63, 3.8) is 0 Å². The first-order valence-electron chi connectivity index (χ1n) is 4.40. The molecule has 80 valence electrons. The molecule has 0 saturated carbocycles. The minimum atomic E-state index is -0.636. The van der Waals surface area contributed by atoms with Gasteiger partial charge < -0.3 is 15.2 Å². The number of nitriles is 1. The van der Waals surface area contributed by atoms with E-state index in [1.807, 2.05) is 6.07 Å². The first-order valence-corrected chi connectivity index (χ1v) is 4.40. The molecule has 1 aromatic heterocycles. The number of aliphatic hydroxyl groups is 1. The Balaban J connectivity index is 2.54. The lowest BCUT2D eigenvalue weighted by Gasteiger charge is -2.11. The molecule has 1 heterocycles. The van der Waals surface area contributed by atoms with Gasteiger partial charge in [-0.25, -0.2) is 0 Å². The molecule has 15 heavy (non-hydrogen) atoms. The molecule has 0 aromatic carbocycles. The molecule has 0 aliphatic carbocycles. The Hall–Kier alpha value is -1.71. The fourth-order valence-electron chi connectivity index (χ4n) is 1.02. The summed E-state index contributed by atoms with van der Waals surface area (Å²) >= 11 is 0. The van der Waals surface area contributed by atoms with Gasteiger partial charge in [0.1, 0.15) is 6.07 Å². The fraction of sp³-hybridized carbons (Fsp3) is 0.444. The molecule has 6 nitrogen and oxygen atoms in total. The normalized spacial score (nSPS) is 11.8. The molecule has 0 fully saturated rings. The van der Waals surface area contributed by atoms with Crippen molar-refractivity contribution in [3.8, 4) is 6.07 Å². The van der Waals surface area contributed by atoms with E-state index < -0.39 is 6.10 Å². The fourth-order valence-corrected chi connectivity index (χ4v) is 1.02. The molecule has 2 N–H and O–H groups in total. The molecule has 1 aromatic rings. The highest BCUT2D eigenvalue weighted by molar-refractivity contribution is 5.50. The predicted octanol–water partition coefficient (Wildman–Crippen LogP) is -0.233. The Morgan fingerprint density at radius 2 is 2.53 bits per heavy atom. The van der Waals surface area contributed by atoms with E-state index in [1.165, 1.54) is 13.3 Å². The summed E-state index contributed by atoms with van der Waals surface area (Å²) in [5.41, 5.74) is 0.398. The van der Waals surface area contributed by atoms with Crippen LogP contribution >= 0.6 is 0 Å². The molecule has 0 aliphatic heterocycles. The Labute approximate surface area is 87.5 Å². The Morgan fingerprint density at radius 1 is 1.73 bits per heavy atom. The van der Waals surface area contributed by atoms with Crippen LogP contribution in [0.5, 0.6) is 0 Å². The Morgan fingerprint density at radius 3 is 3.20 bits per heavy atom. The van der Waals surface area contributed by atoms with E-state index in [9.17, 15) is 5.11 Å². The predicted molar refractivity (Wildman–Crippen MR) is 53.1 cm³/mol. The van der Waals surface area contributed by atoms with Crippen molar-refractivity contribution in [1.29, 1.82) is 5.26 Å². The molecule has 0 aliphatic rings. The third kappa shape index (κ3) is 3.50. The molecule has 6 heteroatoms. The van der Waals surface area contributed by atoms with Crippen molar-refractivity contribution in [2.75, 3.05) is 25.6 Å². The van der Waals surface area contributed by atoms with Crippen molar-refractivity contribution in [1.82, 2.24) is 10.2 Å². The van der Waals surface area contributed by atoms with E-state index in [0.29, 0.717) is 11.4 Å². The number of nitrogens with one attached hydrogen (secondary N) is 1. The van der Waals surface area contributed by atoms with Crippen LogP contribution in [0.2, 0.25) is 0 Å². The van der Waals surface area contributed by atoms with Crippen molar-refractivity contribution in [2.24, 2.45) is 0 Å². The highest BCUT2D eigenvalue weighted by Crippen LogP contribution is 2.07. The van der Waals surface area contributed by atoms with Gasteiger partial charge in [-0.3, -0.25) is 0 Å². The van der Waals surface area contributed by atoms with Gasteiger partial charge in [-0.15, -0.1) is 5.10 Å². The highest BCUT2D eigenvalue weighted by atomic mass is 16.5. The molecular formula is C9H12N4O2. The number of anilines is 1. The van der Waals surface area contributed by atoms with Gasteiger partial charge in [0.25, 0.3) is 0 Å². The Bertz CT molecular complexity index is 350. The average molecular weight is 208 g/mol. The summed E-state index contributed by atoms with van der Waals surface area (Å²) in [7, 11) is 1.51. The SMILES string of the molecule is COCC(O)CNc1nnccc1C#N. The van der Waals surface area contributed by atoms with Crippen LogP contribution in [0.15, 0.2) is 12.3 Å². The van der Waals surface area contributed by atoms with E-state index in [2.05, 4.69) is 15.5 Å². The quantitative estimate of drug-likeness (QED) is 0.694. The van der Waals surface area contributed by atoms with E-state index in [0.717, 1.165) is 0 Å². The van der Waals surface area contributed by atoms with Gasteiger partial charge in [0.2, 0.25) is 0 Å². The zero-order valence-corrected chi connectivity index (χ0v) is 8.34. The number of hydrogen-bond donors (Lipinski definition) is 2. The number of hydrogen-bond acceptors (Lipinski definition) is 6. The van der Waals surface area contributed by atoms with E-state index in [4.69, 9.17) is 10.00 Å². The van der Waals surface area contributed by atoms with Crippen LogP contribution in [0.3, 0.4) is 0 Å². The van der Waals surface area contributed by atoms with Gasteiger partial charge in [0.05, 0.1) is 24.5 Å². The molecule has 1 rings (SSSR count). The molecule has 0 spiro atoms. The second-order valence-electron chi connectivity index (χ2n) is 2.90. The third-order valence-corrected chi connectivity index (χ3v) is 1.71. The van der Waals surface area contributed by atoms with Crippen LogP contribution in [0.1, 0.15) is 5.56 Å². The second kappa shape index (κ2) is 5.90. The minimum Gasteiger partial charge on any atom is -0.389 e. The minimum absolute atomic E-state index is 0.231. The van der Waals surface area contributed by atoms with Crippen LogP contribution in [0.25, 0.3) is 0 Å². The first kappa shape index (κ1) is 11.4. The largest absolute Gasteiger partial charge is 0.389 e. The van der Waals surface area contributed by atoms with Gasteiger partial charge >= 0.3 is 0 Å². The number of aliphatic hydroxyl groups excluding tert-OH is 1. The number of methoxy groups -OCH3 is 1. The van der Waals surface area contributed by atoms with Crippen molar-refractivity contribution >= 4 is 5.82 Å². The summed E-state index contributed by atoms with van der Waals surface area (Å²) in [6.07, 6.45) is 0.804. The van der Waals surface area contributed by atoms with Gasteiger partial charge in [0.15, 0.2) is 5.82 Å². The molecular weight excluding hydrogens is 196 g/mol. The number of rotatable bonds is 5. The summed E-state index contributed by atoms with van der Waals surface area (Å²) in [5, 5.41) is 28.3. The van der Waals surface area contributed by atoms with Crippen molar-refractivity contribution in [2.45, 2.75) is 6.10 Å². The van der Waals surface area contributed by atoms with Crippen molar-refractivity contribution < 1.29 is 9.84 Å². The molecule has 1 unspecified atom stereocenters. The van der Waals surface area contributed by atoms with Crippen molar-refractivity contribution in [3.05, 3.63) is 17.8 Å². The Kier molecular flexibility index (Phi) is 4.47. The van der Waals surface area contributed by atoms with Crippen LogP contribution in [-0.4, -0.2) is 41.7 Å². The third-order valence-electron chi connectivity index (χ3n) is 1.71. The number of ether oxygens (including phenoxy) is 1. The number of aromatic nitrogens is 2. The van der Waals surface area contributed by atoms with Gasteiger partial charge in [-0.2, -0.15) is 10.4 Å². The van der Waals surface area contributed by atoms with Gasteiger partial charge in [0, 0.05) is 13.7 Å². The van der Waals surface area contributed by atoms with Gasteiger partial charge in [-0.05, 0) is 6.07 Å². The second-order valence-corrected chi connectivity index (χ2v) is 2.90. The lowest BCUT2D eigenvalue weighted by atomic mass is 10.3. The lowest BCUT2D eigenvalue weighted by molar-refractivity contribution is 0.0727. The van der Waals surface area contributed by atoms with E-state index in [-0.39, 0.29) is 13.2 Å². The van der Waals surface area contributed by atoms with E-state index >= 15 is 0 Å². The maximum atomic E-state index is 9.36. The van der Waals surface area contributed by atoms with E-state index in [1.54, 1.807) is 6.07 Å². The first-order chi connectivity index (χ1) is 7.27. The summed E-state index contributed by atoms with van der Waals surface area (Å²) < 4.78 is 4.76. The number of nitrogens with zero attached hydrogens (tertiary/aromatic N) is 3. The molecule has 0 saturated heterocycles. The molecule has 1 atom stereocenters. The highest BCUT2D eigenvalue weighted by Gasteiger charge is 2.06. The average Bonchev–Trinajstić information content (AvgIpc) is 2.27. The maximum Gasteiger partial charge on any atom is 0.166 e. The molecule has 0 amide bonds. The van der Waals surface area contributed by atoms with Gasteiger partial charge in [-0.1, -0.05) is 0 Å². The monoisotopic (exact) mass is 208 g/mol. The zero-order chi connectivity index (χ0) is 11.1. The summed E-state index contributed by atoms with van der Waals surface area (Å²) in [5.74, 6) is 0.371. The van der Waals surface area contributed by atoms with Crippen LogP contribution in [-0.2, 0) is 4.74 Å². The summed E-state index contributed by atoms with van der Waals surface area (Å²) in [6, 6.07) is 3.53. The summed E-state index contributed by atoms with van der Waals surface area (Å²) in [6.45, 7) is 0.496. The topological polar surface area (TPSA) is 91.1 Å². The van der Waals surface area contributed by atoms with Crippen LogP contribution in [0.4, 0.5) is 5.82 Å². The standard InChI is InChI=1S/C9H12N4O2/c1-15-6-8(14)5-11-9-7(4-10)2-3-12-13-9/h2-3,8,14H,5-6H2,1H3,(H,11,13). The summed E-state index contributed by atoms with van der Waals surface area (Å²) in [4.78, 5) is 0. The maximum absolute atomic E-state index is 9.36. The smallest absolute Gasteiger partial charge is 0.166 e. The zero-order valence-electron chi connectivity index (χ0n) is 8.34. The molecule has 0 bridgehead atoms. The van der Waals surface area contributed by atoms with Crippen LogP contribution in [0, 0.1) is 11.3 Å². The lowest BCUT2D eigenvalue weighted by Crippen LogP contribution is -2.24.